The predicted octanol–water partition coefficient (Wildman–Crippen LogP) is 2.92. The molecule has 1 aliphatic rings. The van der Waals surface area contributed by atoms with E-state index in [0.29, 0.717) is 31.8 Å². The fourth-order valence-corrected chi connectivity index (χ4v) is 3.24. The third-order valence-corrected chi connectivity index (χ3v) is 4.98. The van der Waals surface area contributed by atoms with Gasteiger partial charge in [0.15, 0.2) is 0 Å². The number of carbonyl (C=O) groups excluding carboxylic acids is 2. The van der Waals surface area contributed by atoms with Gasteiger partial charge in [-0.3, -0.25) is 14.4 Å². The van der Waals surface area contributed by atoms with Crippen LogP contribution in [0.4, 0.5) is 5.69 Å². The van der Waals surface area contributed by atoms with E-state index in [2.05, 4.69) is 19.2 Å². The maximum atomic E-state index is 12.5. The van der Waals surface area contributed by atoms with E-state index in [-0.39, 0.29) is 30.6 Å². The lowest BCUT2D eigenvalue weighted by Gasteiger charge is -2.23. The average molecular weight is 360 g/mol. The second-order valence-corrected chi connectivity index (χ2v) is 6.92. The molecule has 1 fully saturated rings. The Morgan fingerprint density at radius 2 is 2.04 bits per heavy atom. The van der Waals surface area contributed by atoms with Crippen LogP contribution in [0, 0.1) is 5.92 Å². The minimum atomic E-state index is -0.826. The predicted molar refractivity (Wildman–Crippen MR) is 100 cm³/mol. The molecule has 2 unspecified atom stereocenters. The smallest absolute Gasteiger partial charge is 0.303 e. The van der Waals surface area contributed by atoms with Crippen molar-refractivity contribution in [2.45, 2.75) is 51.9 Å². The summed E-state index contributed by atoms with van der Waals surface area (Å²) in [6.07, 6.45) is 2.47. The quantitative estimate of drug-likeness (QED) is 0.663. The van der Waals surface area contributed by atoms with E-state index < -0.39 is 5.97 Å². The van der Waals surface area contributed by atoms with Gasteiger partial charge < -0.3 is 15.3 Å². The molecule has 1 aromatic rings. The topological polar surface area (TPSA) is 86.7 Å². The molecule has 0 saturated carbocycles. The van der Waals surface area contributed by atoms with Crippen LogP contribution in [0.1, 0.15) is 57.4 Å². The van der Waals surface area contributed by atoms with Crippen molar-refractivity contribution in [1.29, 1.82) is 0 Å². The number of nitrogens with zero attached hydrogens (tertiary/aromatic N) is 1. The number of amides is 2. The zero-order valence-electron chi connectivity index (χ0n) is 15.5. The number of unbranched alkanes of at least 4 members (excludes halogenated alkanes) is 1. The molecule has 0 aromatic heterocycles. The lowest BCUT2D eigenvalue weighted by atomic mass is 9.96. The average Bonchev–Trinajstić information content (AvgIpc) is 3.02. The summed E-state index contributed by atoms with van der Waals surface area (Å²) in [4.78, 5) is 37.0. The molecule has 1 saturated heterocycles. The summed E-state index contributed by atoms with van der Waals surface area (Å²) < 4.78 is 0. The number of hydrogen-bond acceptors (Lipinski definition) is 3. The van der Waals surface area contributed by atoms with E-state index in [9.17, 15) is 14.4 Å². The van der Waals surface area contributed by atoms with Gasteiger partial charge >= 0.3 is 5.97 Å². The van der Waals surface area contributed by atoms with Gasteiger partial charge in [-0.2, -0.15) is 0 Å². The van der Waals surface area contributed by atoms with E-state index in [1.165, 1.54) is 0 Å². The number of para-hydroxylation sites is 1. The van der Waals surface area contributed by atoms with Gasteiger partial charge in [0.2, 0.25) is 11.8 Å². The van der Waals surface area contributed by atoms with E-state index in [4.69, 9.17) is 5.11 Å². The van der Waals surface area contributed by atoms with Crippen molar-refractivity contribution < 1.29 is 19.5 Å². The highest BCUT2D eigenvalue weighted by Crippen LogP contribution is 2.33. The SMILES string of the molecule is CCC(C)c1ccccc1N1CC(C(=O)NCCCCC(=O)O)CC1=O. The highest BCUT2D eigenvalue weighted by atomic mass is 16.4. The molecule has 0 spiro atoms. The number of carboxylic acid groups (broad SMARTS) is 1. The molecular weight excluding hydrogens is 332 g/mol. The first-order chi connectivity index (χ1) is 12.4. The molecule has 2 amide bonds. The number of carbonyl (C=O) groups is 3. The Kier molecular flexibility index (Phi) is 7.18. The van der Waals surface area contributed by atoms with Crippen LogP contribution in [0.25, 0.3) is 0 Å². The van der Waals surface area contributed by atoms with Gasteiger partial charge in [-0.25, -0.2) is 0 Å². The van der Waals surface area contributed by atoms with E-state index >= 15 is 0 Å². The van der Waals surface area contributed by atoms with Gasteiger partial charge in [0.1, 0.15) is 0 Å². The van der Waals surface area contributed by atoms with E-state index in [0.717, 1.165) is 17.7 Å². The number of aliphatic carboxylic acids is 1. The normalized spacial score (nSPS) is 18.0. The molecule has 2 N–H and O–H groups in total. The van der Waals surface area contributed by atoms with Crippen LogP contribution in [0.3, 0.4) is 0 Å². The standard InChI is InChI=1S/C20H28N2O4/c1-3-14(2)16-8-4-5-9-17(16)22-13-15(12-18(22)23)20(26)21-11-7-6-10-19(24)25/h4-5,8-9,14-15H,3,6-7,10-13H2,1-2H3,(H,21,26)(H,24,25). The van der Waals surface area contributed by atoms with Crippen LogP contribution in [-0.2, 0) is 14.4 Å². The van der Waals surface area contributed by atoms with Crippen LogP contribution in [-0.4, -0.2) is 36.0 Å². The zero-order valence-corrected chi connectivity index (χ0v) is 15.5. The lowest BCUT2D eigenvalue weighted by Crippen LogP contribution is -2.33. The Morgan fingerprint density at radius 1 is 1.31 bits per heavy atom. The molecule has 2 atom stereocenters. The van der Waals surface area contributed by atoms with Gasteiger partial charge in [0, 0.05) is 31.6 Å². The van der Waals surface area contributed by atoms with Crippen LogP contribution in [0.5, 0.6) is 0 Å². The van der Waals surface area contributed by atoms with Crippen molar-refractivity contribution in [3.8, 4) is 0 Å². The van der Waals surface area contributed by atoms with Crippen LogP contribution in [0.15, 0.2) is 24.3 Å². The molecule has 1 aliphatic heterocycles. The molecule has 0 aliphatic carbocycles. The minimum absolute atomic E-state index is 0.0215. The lowest BCUT2D eigenvalue weighted by molar-refractivity contribution is -0.137. The third-order valence-electron chi connectivity index (χ3n) is 4.98. The summed E-state index contributed by atoms with van der Waals surface area (Å²) in [6, 6.07) is 7.90. The summed E-state index contributed by atoms with van der Waals surface area (Å²) >= 11 is 0. The summed E-state index contributed by atoms with van der Waals surface area (Å²) in [5.74, 6) is -0.981. The van der Waals surface area contributed by atoms with Gasteiger partial charge in [-0.1, -0.05) is 32.0 Å². The summed E-state index contributed by atoms with van der Waals surface area (Å²) in [6.45, 7) is 5.10. The van der Waals surface area contributed by atoms with Crippen molar-refractivity contribution in [2.75, 3.05) is 18.0 Å². The molecule has 0 radical (unpaired) electrons. The molecule has 1 aromatic carbocycles. The highest BCUT2D eigenvalue weighted by molar-refractivity contribution is 6.00. The van der Waals surface area contributed by atoms with E-state index in [1.807, 2.05) is 24.3 Å². The largest absolute Gasteiger partial charge is 0.481 e. The van der Waals surface area contributed by atoms with Crippen molar-refractivity contribution in [1.82, 2.24) is 5.32 Å². The van der Waals surface area contributed by atoms with Crippen molar-refractivity contribution in [2.24, 2.45) is 5.92 Å². The summed E-state index contributed by atoms with van der Waals surface area (Å²) in [7, 11) is 0. The second-order valence-electron chi connectivity index (χ2n) is 6.92. The van der Waals surface area contributed by atoms with Crippen LogP contribution in [0.2, 0.25) is 0 Å². The molecule has 26 heavy (non-hydrogen) atoms. The van der Waals surface area contributed by atoms with E-state index in [1.54, 1.807) is 4.90 Å². The molecule has 1 heterocycles. The number of anilines is 1. The summed E-state index contributed by atoms with van der Waals surface area (Å²) in [5.41, 5.74) is 2.04. The first kappa shape index (κ1) is 19.9. The first-order valence-electron chi connectivity index (χ1n) is 9.32. The first-order valence-corrected chi connectivity index (χ1v) is 9.32. The van der Waals surface area contributed by atoms with Crippen molar-refractivity contribution in [3.05, 3.63) is 29.8 Å². The number of hydrogen-bond donors (Lipinski definition) is 2. The number of rotatable bonds is 9. The van der Waals surface area contributed by atoms with Gasteiger partial charge in [-0.05, 0) is 36.8 Å². The molecule has 6 heteroatoms. The zero-order chi connectivity index (χ0) is 19.1. The van der Waals surface area contributed by atoms with Gasteiger partial charge in [0.05, 0.1) is 5.92 Å². The van der Waals surface area contributed by atoms with Gasteiger partial charge in [0.25, 0.3) is 0 Å². The molecule has 2 rings (SSSR count). The Hall–Kier alpha value is -2.37. The molecule has 142 valence electrons. The number of carboxylic acids is 1. The maximum absolute atomic E-state index is 12.5. The molecular formula is C20H28N2O4. The minimum Gasteiger partial charge on any atom is -0.481 e. The number of benzene rings is 1. The van der Waals surface area contributed by atoms with Crippen LogP contribution >= 0.6 is 0 Å². The second kappa shape index (κ2) is 9.36. The Balaban J connectivity index is 1.94. The highest BCUT2D eigenvalue weighted by Gasteiger charge is 2.36. The monoisotopic (exact) mass is 360 g/mol. The maximum Gasteiger partial charge on any atom is 0.303 e. The fraction of sp³-hybridized carbons (Fsp3) is 0.550. The summed E-state index contributed by atoms with van der Waals surface area (Å²) in [5, 5.41) is 11.4. The Bertz CT molecular complexity index is 659. The van der Waals surface area contributed by atoms with Crippen molar-refractivity contribution in [3.63, 3.8) is 0 Å². The third kappa shape index (κ3) is 5.07. The number of nitrogens with one attached hydrogen (secondary N) is 1. The van der Waals surface area contributed by atoms with Crippen molar-refractivity contribution >= 4 is 23.5 Å². The fourth-order valence-electron chi connectivity index (χ4n) is 3.24. The Labute approximate surface area is 154 Å². The van der Waals surface area contributed by atoms with Crippen LogP contribution < -0.4 is 10.2 Å². The molecule has 0 bridgehead atoms. The Morgan fingerprint density at radius 3 is 2.73 bits per heavy atom. The molecule has 6 nitrogen and oxygen atoms in total. The van der Waals surface area contributed by atoms with Gasteiger partial charge in [-0.15, -0.1) is 0 Å².